The third-order valence-electron chi connectivity index (χ3n) is 6.49. The van der Waals surface area contributed by atoms with Gasteiger partial charge >= 0.3 is 5.97 Å². The average molecular weight is 421 g/mol. The van der Waals surface area contributed by atoms with Crippen molar-refractivity contribution in [3.8, 4) is 0 Å². The number of carbonyl (C=O) groups is 1. The van der Waals surface area contributed by atoms with Crippen molar-refractivity contribution in [1.82, 2.24) is 0 Å². The van der Waals surface area contributed by atoms with Crippen LogP contribution in [-0.4, -0.2) is 13.1 Å². The minimum Gasteiger partial charge on any atom is -0.466 e. The summed E-state index contributed by atoms with van der Waals surface area (Å²) in [6.45, 7) is 9.36. The number of aryl methyl sites for hydroxylation is 1. The Morgan fingerprint density at radius 2 is 1.61 bits per heavy atom. The minimum absolute atomic E-state index is 0.194. The van der Waals surface area contributed by atoms with Gasteiger partial charge in [-0.25, -0.2) is 9.18 Å². The topological polar surface area (TPSA) is 26.3 Å². The highest BCUT2D eigenvalue weighted by Gasteiger charge is 2.36. The summed E-state index contributed by atoms with van der Waals surface area (Å²) in [4.78, 5) is 11.6. The van der Waals surface area contributed by atoms with Crippen LogP contribution in [0.3, 0.4) is 0 Å². The Labute approximate surface area is 185 Å². The van der Waals surface area contributed by atoms with Crippen molar-refractivity contribution in [3.63, 3.8) is 0 Å². The van der Waals surface area contributed by atoms with E-state index in [2.05, 4.69) is 52.0 Å². The van der Waals surface area contributed by atoms with Gasteiger partial charge in [-0.2, -0.15) is 0 Å². The molecule has 0 heterocycles. The number of hydrogen-bond acceptors (Lipinski definition) is 2. The number of benzene rings is 2. The van der Waals surface area contributed by atoms with E-state index in [-0.39, 0.29) is 16.6 Å². The molecule has 0 aromatic heterocycles. The maximum absolute atomic E-state index is 13.3. The quantitative estimate of drug-likeness (QED) is 0.288. The predicted octanol–water partition coefficient (Wildman–Crippen LogP) is 6.92. The maximum Gasteiger partial charge on any atom is 0.330 e. The number of halogens is 1. The highest BCUT2D eigenvalue weighted by Crippen LogP contribution is 2.45. The Kier molecular flexibility index (Phi) is 6.83. The van der Waals surface area contributed by atoms with E-state index in [1.54, 1.807) is 18.2 Å². The Morgan fingerprint density at radius 1 is 0.968 bits per heavy atom. The molecule has 1 aliphatic rings. The number of fused-ring (bicyclic) bond motifs is 1. The van der Waals surface area contributed by atoms with E-state index in [4.69, 9.17) is 4.74 Å². The number of carbonyl (C=O) groups excluding carboxylic acids is 1. The summed E-state index contributed by atoms with van der Waals surface area (Å²) in [5, 5.41) is 0. The lowest BCUT2D eigenvalue weighted by Crippen LogP contribution is -2.33. The van der Waals surface area contributed by atoms with Crippen LogP contribution in [0, 0.1) is 5.82 Å². The van der Waals surface area contributed by atoms with Gasteiger partial charge in [-0.15, -0.1) is 0 Å². The molecule has 0 bridgehead atoms. The lowest BCUT2D eigenvalue weighted by Gasteiger charge is -2.42. The van der Waals surface area contributed by atoms with Crippen LogP contribution in [-0.2, 0) is 26.8 Å². The van der Waals surface area contributed by atoms with Crippen LogP contribution < -0.4 is 0 Å². The number of esters is 1. The van der Waals surface area contributed by atoms with Crippen LogP contribution in [0.2, 0.25) is 0 Å². The number of hydrogen-bond donors (Lipinski definition) is 0. The molecule has 0 radical (unpaired) electrons. The second-order valence-electron chi connectivity index (χ2n) is 9.71. The van der Waals surface area contributed by atoms with Gasteiger partial charge in [0.2, 0.25) is 0 Å². The van der Waals surface area contributed by atoms with E-state index in [0.29, 0.717) is 0 Å². The highest BCUT2D eigenvalue weighted by atomic mass is 19.1. The summed E-state index contributed by atoms with van der Waals surface area (Å²) in [7, 11) is 1.35. The van der Waals surface area contributed by atoms with Crippen molar-refractivity contribution in [2.24, 2.45) is 0 Å². The zero-order valence-electron chi connectivity index (χ0n) is 19.3. The first-order chi connectivity index (χ1) is 14.6. The number of allylic oxidation sites excluding steroid dienone is 3. The Morgan fingerprint density at radius 3 is 2.26 bits per heavy atom. The molecule has 0 aliphatic heterocycles. The lowest BCUT2D eigenvalue weighted by molar-refractivity contribution is -0.134. The van der Waals surface area contributed by atoms with Gasteiger partial charge in [0, 0.05) is 6.08 Å². The Balaban J connectivity index is 1.83. The monoisotopic (exact) mass is 420 g/mol. The fourth-order valence-corrected chi connectivity index (χ4v) is 4.34. The SMILES string of the molecule is COC(=O)C=CC(=CCCc1ccc2c(c1)C(C)(C)CCC2(C)C)c1ccc(F)cc1. The van der Waals surface area contributed by atoms with Gasteiger partial charge in [0.05, 0.1) is 7.11 Å². The van der Waals surface area contributed by atoms with E-state index in [1.807, 2.05) is 0 Å². The fourth-order valence-electron chi connectivity index (χ4n) is 4.34. The molecule has 0 saturated carbocycles. The molecule has 0 atom stereocenters. The van der Waals surface area contributed by atoms with Crippen molar-refractivity contribution >= 4 is 11.5 Å². The Bertz CT molecular complexity index is 994. The molecule has 31 heavy (non-hydrogen) atoms. The van der Waals surface area contributed by atoms with Crippen molar-refractivity contribution < 1.29 is 13.9 Å². The molecule has 1 aliphatic carbocycles. The van der Waals surface area contributed by atoms with Crippen molar-refractivity contribution in [2.45, 2.75) is 64.2 Å². The van der Waals surface area contributed by atoms with Gasteiger partial charge < -0.3 is 4.74 Å². The van der Waals surface area contributed by atoms with E-state index in [1.165, 1.54) is 54.9 Å². The van der Waals surface area contributed by atoms with E-state index in [0.717, 1.165) is 24.0 Å². The van der Waals surface area contributed by atoms with Gasteiger partial charge in [-0.3, -0.25) is 0 Å². The molecule has 0 N–H and O–H groups in total. The van der Waals surface area contributed by atoms with Gasteiger partial charge in [-0.1, -0.05) is 64.1 Å². The molecule has 0 spiro atoms. The van der Waals surface area contributed by atoms with Crippen molar-refractivity contribution in [3.05, 3.63) is 88.8 Å². The standard InChI is InChI=1S/C28H33FO2/c1-27(2)17-18-28(3,4)25-19-20(9-15-24(25)27)7-6-8-21(12-16-26(30)31-5)22-10-13-23(29)14-11-22/h8-16,19H,6-7,17-18H2,1-5H3. The molecule has 164 valence electrons. The number of ether oxygens (including phenoxy) is 1. The second-order valence-corrected chi connectivity index (χ2v) is 9.71. The highest BCUT2D eigenvalue weighted by molar-refractivity contribution is 5.87. The van der Waals surface area contributed by atoms with Crippen LogP contribution >= 0.6 is 0 Å². The smallest absolute Gasteiger partial charge is 0.330 e. The van der Waals surface area contributed by atoms with Crippen LogP contribution in [0.15, 0.2) is 60.7 Å². The zero-order valence-corrected chi connectivity index (χ0v) is 19.3. The van der Waals surface area contributed by atoms with Gasteiger partial charge in [0.1, 0.15) is 5.82 Å². The molecule has 0 amide bonds. The van der Waals surface area contributed by atoms with Crippen LogP contribution in [0.25, 0.3) is 5.57 Å². The largest absolute Gasteiger partial charge is 0.466 e. The summed E-state index contributed by atoms with van der Waals surface area (Å²) in [6.07, 6.45) is 9.37. The zero-order chi connectivity index (χ0) is 22.6. The molecule has 2 aromatic rings. The third-order valence-corrected chi connectivity index (χ3v) is 6.49. The number of methoxy groups -OCH3 is 1. The normalized spacial score (nSPS) is 17.4. The third kappa shape index (κ3) is 5.52. The Hall–Kier alpha value is -2.68. The summed E-state index contributed by atoms with van der Waals surface area (Å²) in [5.41, 5.74) is 6.42. The van der Waals surface area contributed by atoms with Crippen LogP contribution in [0.5, 0.6) is 0 Å². The average Bonchev–Trinajstić information content (AvgIpc) is 2.74. The van der Waals surface area contributed by atoms with Crippen molar-refractivity contribution in [1.29, 1.82) is 0 Å². The van der Waals surface area contributed by atoms with E-state index >= 15 is 0 Å². The van der Waals surface area contributed by atoms with Gasteiger partial charge in [0.25, 0.3) is 0 Å². The molecule has 3 heteroatoms. The number of rotatable bonds is 6. The molecule has 3 rings (SSSR count). The molecular formula is C28H33FO2. The molecule has 0 saturated heterocycles. The molecule has 2 aromatic carbocycles. The van der Waals surface area contributed by atoms with Crippen molar-refractivity contribution in [2.75, 3.05) is 7.11 Å². The predicted molar refractivity (Wildman–Crippen MR) is 126 cm³/mol. The minimum atomic E-state index is -0.410. The molecule has 0 unspecified atom stereocenters. The lowest BCUT2D eigenvalue weighted by atomic mass is 9.63. The van der Waals surface area contributed by atoms with Gasteiger partial charge in [0.15, 0.2) is 0 Å². The van der Waals surface area contributed by atoms with Gasteiger partial charge in [-0.05, 0) is 82.5 Å². The van der Waals surface area contributed by atoms with Crippen LogP contribution in [0.1, 0.15) is 69.2 Å². The summed E-state index contributed by atoms with van der Waals surface area (Å²) in [5.74, 6) is -0.688. The maximum atomic E-state index is 13.3. The summed E-state index contributed by atoms with van der Waals surface area (Å²) < 4.78 is 18.0. The molecule has 2 nitrogen and oxygen atoms in total. The summed E-state index contributed by atoms with van der Waals surface area (Å²) >= 11 is 0. The second kappa shape index (κ2) is 9.21. The first kappa shape index (κ1) is 23.0. The first-order valence-electron chi connectivity index (χ1n) is 11.0. The summed E-state index contributed by atoms with van der Waals surface area (Å²) in [6, 6.07) is 13.3. The molecule has 0 fully saturated rings. The van der Waals surface area contributed by atoms with E-state index < -0.39 is 5.97 Å². The fraction of sp³-hybridized carbons (Fsp3) is 0.393. The first-order valence-corrected chi connectivity index (χ1v) is 11.0. The molecular weight excluding hydrogens is 387 g/mol. The van der Waals surface area contributed by atoms with Crippen LogP contribution in [0.4, 0.5) is 4.39 Å². The van der Waals surface area contributed by atoms with E-state index in [9.17, 15) is 9.18 Å².